The predicted octanol–water partition coefficient (Wildman–Crippen LogP) is 5.49. The third kappa shape index (κ3) is 2.43. The number of aryl methyl sites for hydroxylation is 4. The van der Waals surface area contributed by atoms with Crippen molar-refractivity contribution in [2.75, 3.05) is 0 Å². The summed E-state index contributed by atoms with van der Waals surface area (Å²) in [4.78, 5) is 0. The van der Waals surface area contributed by atoms with Crippen molar-refractivity contribution >= 4 is 23.2 Å². The number of rotatable bonds is 2. The minimum atomic E-state index is -0.269. The molecule has 18 heavy (non-hydrogen) atoms. The molecule has 2 aromatic rings. The van der Waals surface area contributed by atoms with E-state index in [0.29, 0.717) is 5.02 Å². The molecule has 3 heteroatoms. The van der Waals surface area contributed by atoms with Gasteiger partial charge in [-0.05, 0) is 56.5 Å². The number of hydrogen-bond donors (Lipinski definition) is 0. The van der Waals surface area contributed by atoms with E-state index in [-0.39, 0.29) is 5.38 Å². The second-order valence-corrected chi connectivity index (χ2v) is 5.53. The Morgan fingerprint density at radius 3 is 2.11 bits per heavy atom. The minimum absolute atomic E-state index is 0.269. The molecule has 1 unspecified atom stereocenters. The summed E-state index contributed by atoms with van der Waals surface area (Å²) in [6, 6.07) is 5.99. The van der Waals surface area contributed by atoms with Crippen LogP contribution in [0.2, 0.25) is 5.02 Å². The van der Waals surface area contributed by atoms with Gasteiger partial charge in [0.15, 0.2) is 0 Å². The Balaban J connectivity index is 2.49. The molecule has 1 heterocycles. The molecule has 0 N–H and O–H groups in total. The molecule has 0 fully saturated rings. The quantitative estimate of drug-likeness (QED) is 0.664. The fraction of sp³-hybridized carbons (Fsp3) is 0.333. The summed E-state index contributed by atoms with van der Waals surface area (Å²) in [5, 5.41) is 0.436. The standard InChI is InChI=1S/C15H16Cl2O/c1-8-5-13(14(16)6-9(8)2)15(17)12-7-10(3)18-11(12)4/h5-7,15H,1-4H3. The molecule has 0 spiro atoms. The summed E-state index contributed by atoms with van der Waals surface area (Å²) in [7, 11) is 0. The molecule has 1 nitrogen and oxygen atoms in total. The van der Waals surface area contributed by atoms with Crippen molar-refractivity contribution in [3.05, 3.63) is 57.0 Å². The van der Waals surface area contributed by atoms with Gasteiger partial charge in [-0.25, -0.2) is 0 Å². The van der Waals surface area contributed by atoms with E-state index < -0.39 is 0 Å². The maximum Gasteiger partial charge on any atom is 0.106 e. The van der Waals surface area contributed by atoms with E-state index in [0.717, 1.165) is 22.6 Å². The zero-order chi connectivity index (χ0) is 13.4. The number of halogens is 2. The third-order valence-corrected chi connectivity index (χ3v) is 4.04. The summed E-state index contributed by atoms with van der Waals surface area (Å²) >= 11 is 12.8. The average molecular weight is 283 g/mol. The molecule has 0 radical (unpaired) electrons. The van der Waals surface area contributed by atoms with Gasteiger partial charge in [-0.15, -0.1) is 11.6 Å². The maximum absolute atomic E-state index is 6.54. The fourth-order valence-electron chi connectivity index (χ4n) is 2.07. The smallest absolute Gasteiger partial charge is 0.106 e. The fourth-order valence-corrected chi connectivity index (χ4v) is 2.85. The van der Waals surface area contributed by atoms with E-state index in [9.17, 15) is 0 Å². The summed E-state index contributed by atoms with van der Waals surface area (Å²) < 4.78 is 5.52. The first-order chi connectivity index (χ1) is 8.40. The normalized spacial score (nSPS) is 12.8. The maximum atomic E-state index is 6.54. The van der Waals surface area contributed by atoms with Crippen LogP contribution in [-0.4, -0.2) is 0 Å². The van der Waals surface area contributed by atoms with Crippen molar-refractivity contribution in [1.29, 1.82) is 0 Å². The molecule has 1 aromatic carbocycles. The van der Waals surface area contributed by atoms with Gasteiger partial charge in [0.1, 0.15) is 11.5 Å². The third-order valence-electron chi connectivity index (χ3n) is 3.24. The van der Waals surface area contributed by atoms with Crippen LogP contribution in [0.4, 0.5) is 0 Å². The lowest BCUT2D eigenvalue weighted by Gasteiger charge is -2.13. The SMILES string of the molecule is Cc1cc(C(Cl)c2cc(C)c(C)cc2Cl)c(C)o1. The van der Waals surface area contributed by atoms with Crippen molar-refractivity contribution in [2.45, 2.75) is 33.1 Å². The lowest BCUT2D eigenvalue weighted by Crippen LogP contribution is -1.97. The number of benzene rings is 1. The van der Waals surface area contributed by atoms with Crippen LogP contribution in [0.15, 0.2) is 22.6 Å². The van der Waals surface area contributed by atoms with Gasteiger partial charge in [-0.3, -0.25) is 0 Å². The van der Waals surface area contributed by atoms with Gasteiger partial charge in [0.2, 0.25) is 0 Å². The highest BCUT2D eigenvalue weighted by Crippen LogP contribution is 2.37. The molecule has 0 saturated carbocycles. The van der Waals surface area contributed by atoms with Crippen LogP contribution < -0.4 is 0 Å². The van der Waals surface area contributed by atoms with Gasteiger partial charge in [0, 0.05) is 10.6 Å². The Morgan fingerprint density at radius 2 is 1.56 bits per heavy atom. The van der Waals surface area contributed by atoms with Crippen LogP contribution in [0, 0.1) is 27.7 Å². The molecule has 0 saturated heterocycles. The van der Waals surface area contributed by atoms with Crippen LogP contribution in [0.3, 0.4) is 0 Å². The highest BCUT2D eigenvalue weighted by molar-refractivity contribution is 6.33. The van der Waals surface area contributed by atoms with Crippen molar-refractivity contribution < 1.29 is 4.42 Å². The van der Waals surface area contributed by atoms with Crippen molar-refractivity contribution in [3.63, 3.8) is 0 Å². The average Bonchev–Trinajstić information content (AvgIpc) is 2.62. The molecule has 0 aliphatic heterocycles. The van der Waals surface area contributed by atoms with E-state index in [1.807, 2.05) is 32.9 Å². The van der Waals surface area contributed by atoms with Gasteiger partial charge in [-0.1, -0.05) is 17.7 Å². The van der Waals surface area contributed by atoms with Crippen molar-refractivity contribution in [2.24, 2.45) is 0 Å². The second-order valence-electron chi connectivity index (χ2n) is 4.69. The lowest BCUT2D eigenvalue weighted by molar-refractivity contribution is 0.501. The summed E-state index contributed by atoms with van der Waals surface area (Å²) in [5.74, 6) is 1.72. The highest BCUT2D eigenvalue weighted by Gasteiger charge is 2.19. The summed E-state index contributed by atoms with van der Waals surface area (Å²) in [5.41, 5.74) is 4.29. The first kappa shape index (κ1) is 13.5. The molecule has 0 aliphatic carbocycles. The van der Waals surface area contributed by atoms with Crippen molar-refractivity contribution in [3.8, 4) is 0 Å². The Labute approximate surface area is 118 Å². The zero-order valence-corrected chi connectivity index (χ0v) is 12.5. The van der Waals surface area contributed by atoms with E-state index in [4.69, 9.17) is 27.6 Å². The molecule has 1 atom stereocenters. The Kier molecular flexibility index (Phi) is 3.74. The van der Waals surface area contributed by atoms with E-state index in [1.165, 1.54) is 11.1 Å². The molecule has 0 bridgehead atoms. The highest BCUT2D eigenvalue weighted by atomic mass is 35.5. The lowest BCUT2D eigenvalue weighted by atomic mass is 10.00. The first-order valence-electron chi connectivity index (χ1n) is 5.87. The monoisotopic (exact) mass is 282 g/mol. The molecular weight excluding hydrogens is 267 g/mol. The molecule has 2 rings (SSSR count). The first-order valence-corrected chi connectivity index (χ1v) is 6.69. The van der Waals surface area contributed by atoms with Crippen LogP contribution >= 0.6 is 23.2 Å². The Morgan fingerprint density at radius 1 is 0.944 bits per heavy atom. The van der Waals surface area contributed by atoms with Crippen LogP contribution in [0.25, 0.3) is 0 Å². The van der Waals surface area contributed by atoms with Gasteiger partial charge >= 0.3 is 0 Å². The molecule has 0 aliphatic rings. The Bertz CT molecular complexity index is 584. The van der Waals surface area contributed by atoms with Gasteiger partial charge in [-0.2, -0.15) is 0 Å². The summed E-state index contributed by atoms with van der Waals surface area (Å²) in [6.45, 7) is 7.95. The topological polar surface area (TPSA) is 13.1 Å². The molecule has 0 amide bonds. The zero-order valence-electron chi connectivity index (χ0n) is 11.0. The van der Waals surface area contributed by atoms with Crippen LogP contribution in [0.1, 0.15) is 39.2 Å². The van der Waals surface area contributed by atoms with Crippen LogP contribution in [-0.2, 0) is 0 Å². The predicted molar refractivity (Wildman–Crippen MR) is 76.8 cm³/mol. The second kappa shape index (κ2) is 4.99. The van der Waals surface area contributed by atoms with E-state index in [2.05, 4.69) is 13.0 Å². The van der Waals surface area contributed by atoms with E-state index >= 15 is 0 Å². The molecule has 96 valence electrons. The van der Waals surface area contributed by atoms with Crippen LogP contribution in [0.5, 0.6) is 0 Å². The minimum Gasteiger partial charge on any atom is -0.466 e. The Hall–Kier alpha value is -0.920. The molecular formula is C15H16Cl2O. The van der Waals surface area contributed by atoms with Gasteiger partial charge in [0.05, 0.1) is 5.38 Å². The number of hydrogen-bond acceptors (Lipinski definition) is 1. The van der Waals surface area contributed by atoms with E-state index in [1.54, 1.807) is 0 Å². The van der Waals surface area contributed by atoms with Gasteiger partial charge < -0.3 is 4.42 Å². The van der Waals surface area contributed by atoms with Gasteiger partial charge in [0.25, 0.3) is 0 Å². The van der Waals surface area contributed by atoms with Crippen molar-refractivity contribution in [1.82, 2.24) is 0 Å². The molecule has 1 aromatic heterocycles. The summed E-state index contributed by atoms with van der Waals surface area (Å²) in [6.07, 6.45) is 0. The number of alkyl halides is 1. The largest absolute Gasteiger partial charge is 0.466 e. The number of furan rings is 1.